The van der Waals surface area contributed by atoms with Crippen LogP contribution in [0.3, 0.4) is 0 Å². The third-order valence-corrected chi connectivity index (χ3v) is 6.28. The normalized spacial score (nSPS) is 15.8. The summed E-state index contributed by atoms with van der Waals surface area (Å²) in [6.07, 6.45) is 0.803. The smallest absolute Gasteiger partial charge is 0.335 e. The van der Waals surface area contributed by atoms with Crippen LogP contribution in [0.2, 0.25) is 0 Å². The van der Waals surface area contributed by atoms with Gasteiger partial charge in [-0.1, -0.05) is 54.6 Å². The number of hydrogen-bond acceptors (Lipinski definition) is 4. The molecule has 1 atom stereocenters. The quantitative estimate of drug-likeness (QED) is 0.350. The minimum Gasteiger partial charge on any atom is -0.494 e. The number of aromatic amines is 2. The standard InChI is InChI=1S/C25H20N4O3/c30-23-20(22-21-17(12-13-26-22)16-9-3-4-10-18(16)27-21)24(31)29(25(32)28-23)19-11-5-7-14-6-1-2-8-15(14)19/h1-11,22,26-27,31H,12-13H2,(H,28,30,32). The molecule has 7 nitrogen and oxygen atoms in total. The third kappa shape index (κ3) is 2.65. The van der Waals surface area contributed by atoms with Crippen LogP contribution in [-0.2, 0) is 6.42 Å². The number of nitrogens with one attached hydrogen (secondary N) is 3. The zero-order valence-electron chi connectivity index (χ0n) is 17.1. The first-order valence-corrected chi connectivity index (χ1v) is 10.5. The molecule has 1 unspecified atom stereocenters. The van der Waals surface area contributed by atoms with Crippen molar-refractivity contribution in [3.8, 4) is 11.6 Å². The van der Waals surface area contributed by atoms with Gasteiger partial charge >= 0.3 is 5.69 Å². The van der Waals surface area contributed by atoms with Crippen LogP contribution in [0.5, 0.6) is 5.88 Å². The molecule has 3 heterocycles. The van der Waals surface area contributed by atoms with Crippen LogP contribution in [0.4, 0.5) is 0 Å². The Labute approximate surface area is 182 Å². The van der Waals surface area contributed by atoms with Gasteiger partial charge in [0.15, 0.2) is 0 Å². The number of nitrogens with zero attached hydrogens (tertiary/aromatic N) is 1. The van der Waals surface area contributed by atoms with Gasteiger partial charge in [0, 0.05) is 28.5 Å². The molecule has 0 bridgehead atoms. The third-order valence-electron chi connectivity index (χ3n) is 6.28. The van der Waals surface area contributed by atoms with Crippen molar-refractivity contribution in [2.45, 2.75) is 12.5 Å². The number of rotatable bonds is 2. The summed E-state index contributed by atoms with van der Waals surface area (Å²) >= 11 is 0. The molecule has 158 valence electrons. The van der Waals surface area contributed by atoms with Crippen molar-refractivity contribution in [3.05, 3.63) is 104 Å². The van der Waals surface area contributed by atoms with Crippen LogP contribution < -0.4 is 16.6 Å². The van der Waals surface area contributed by atoms with E-state index in [1.165, 1.54) is 4.57 Å². The molecular formula is C25H20N4O3. The fraction of sp³-hybridized carbons (Fsp3) is 0.120. The van der Waals surface area contributed by atoms with E-state index in [2.05, 4.69) is 15.3 Å². The molecule has 6 rings (SSSR count). The van der Waals surface area contributed by atoms with E-state index < -0.39 is 17.3 Å². The number of hydrogen-bond donors (Lipinski definition) is 4. The Balaban J connectivity index is 1.62. The highest BCUT2D eigenvalue weighted by Crippen LogP contribution is 2.35. The second-order valence-corrected chi connectivity index (χ2v) is 8.03. The molecule has 1 aliphatic heterocycles. The average Bonchev–Trinajstić information content (AvgIpc) is 3.19. The summed E-state index contributed by atoms with van der Waals surface area (Å²) in [6.45, 7) is 0.645. The molecule has 7 heteroatoms. The molecule has 2 aromatic heterocycles. The lowest BCUT2D eigenvalue weighted by Gasteiger charge is -2.25. The highest BCUT2D eigenvalue weighted by atomic mass is 16.3. The van der Waals surface area contributed by atoms with Crippen molar-refractivity contribution in [2.24, 2.45) is 0 Å². The van der Waals surface area contributed by atoms with Crippen LogP contribution in [0.25, 0.3) is 27.4 Å². The van der Waals surface area contributed by atoms with Crippen LogP contribution in [0.1, 0.15) is 22.9 Å². The molecule has 4 N–H and O–H groups in total. The fourth-order valence-electron chi connectivity index (χ4n) is 4.85. The summed E-state index contributed by atoms with van der Waals surface area (Å²) in [7, 11) is 0. The maximum Gasteiger partial charge on any atom is 0.335 e. The lowest BCUT2D eigenvalue weighted by Crippen LogP contribution is -2.38. The van der Waals surface area contributed by atoms with Crippen molar-refractivity contribution in [1.82, 2.24) is 19.9 Å². The number of aromatic hydroxyl groups is 1. The first-order chi connectivity index (χ1) is 15.6. The summed E-state index contributed by atoms with van der Waals surface area (Å²) < 4.78 is 1.18. The second-order valence-electron chi connectivity index (χ2n) is 8.03. The number of fused-ring (bicyclic) bond motifs is 4. The maximum absolute atomic E-state index is 12.9. The predicted molar refractivity (Wildman–Crippen MR) is 124 cm³/mol. The fourth-order valence-corrected chi connectivity index (χ4v) is 4.85. The van der Waals surface area contributed by atoms with Crippen molar-refractivity contribution in [1.29, 1.82) is 0 Å². The van der Waals surface area contributed by atoms with Crippen molar-refractivity contribution in [3.63, 3.8) is 0 Å². The van der Waals surface area contributed by atoms with E-state index in [-0.39, 0.29) is 11.4 Å². The van der Waals surface area contributed by atoms with Crippen LogP contribution in [0.15, 0.2) is 76.3 Å². The molecule has 0 saturated heterocycles. The molecular weight excluding hydrogens is 404 g/mol. The summed E-state index contributed by atoms with van der Waals surface area (Å²) in [5, 5.41) is 17.5. The van der Waals surface area contributed by atoms with Gasteiger partial charge in [0.1, 0.15) is 5.56 Å². The molecule has 0 amide bonds. The van der Waals surface area contributed by atoms with Gasteiger partial charge in [0.05, 0.1) is 11.7 Å². The van der Waals surface area contributed by atoms with Gasteiger partial charge < -0.3 is 15.4 Å². The Morgan fingerprint density at radius 2 is 1.62 bits per heavy atom. The van der Waals surface area contributed by atoms with E-state index in [9.17, 15) is 14.7 Å². The number of para-hydroxylation sites is 1. The first kappa shape index (κ1) is 18.7. The minimum absolute atomic E-state index is 0.116. The van der Waals surface area contributed by atoms with Crippen molar-refractivity contribution >= 4 is 21.7 Å². The highest BCUT2D eigenvalue weighted by Gasteiger charge is 2.31. The van der Waals surface area contributed by atoms with Crippen molar-refractivity contribution in [2.75, 3.05) is 6.54 Å². The number of aromatic nitrogens is 3. The molecule has 32 heavy (non-hydrogen) atoms. The summed E-state index contributed by atoms with van der Waals surface area (Å²) in [5.41, 5.74) is 2.27. The average molecular weight is 424 g/mol. The minimum atomic E-state index is -0.680. The Morgan fingerprint density at radius 3 is 2.50 bits per heavy atom. The van der Waals surface area contributed by atoms with E-state index in [4.69, 9.17) is 0 Å². The predicted octanol–water partition coefficient (Wildman–Crippen LogP) is 3.10. The van der Waals surface area contributed by atoms with Gasteiger partial charge in [0.25, 0.3) is 5.56 Å². The van der Waals surface area contributed by atoms with E-state index >= 15 is 0 Å². The van der Waals surface area contributed by atoms with Crippen molar-refractivity contribution < 1.29 is 5.11 Å². The van der Waals surface area contributed by atoms with E-state index in [0.29, 0.717) is 12.2 Å². The Morgan fingerprint density at radius 1 is 0.875 bits per heavy atom. The largest absolute Gasteiger partial charge is 0.494 e. The molecule has 1 aliphatic rings. The zero-order valence-corrected chi connectivity index (χ0v) is 17.1. The lowest BCUT2D eigenvalue weighted by atomic mass is 9.95. The van der Waals surface area contributed by atoms with Gasteiger partial charge in [-0.3, -0.25) is 9.78 Å². The molecule has 0 saturated carbocycles. The first-order valence-electron chi connectivity index (χ1n) is 10.5. The number of H-pyrrole nitrogens is 2. The molecule has 5 aromatic rings. The molecule has 0 radical (unpaired) electrons. The summed E-state index contributed by atoms with van der Waals surface area (Å²) in [4.78, 5) is 31.6. The molecule has 3 aromatic carbocycles. The SMILES string of the molecule is O=c1[nH]c(=O)n(-c2cccc3ccccc23)c(O)c1C1NCCc2c1[nH]c1ccccc21. The van der Waals surface area contributed by atoms with Crippen LogP contribution in [-0.4, -0.2) is 26.2 Å². The monoisotopic (exact) mass is 424 g/mol. The molecule has 0 spiro atoms. The highest BCUT2D eigenvalue weighted by molar-refractivity contribution is 5.90. The summed E-state index contributed by atoms with van der Waals surface area (Å²) in [5.74, 6) is -0.362. The van der Waals surface area contributed by atoms with Gasteiger partial charge in [-0.25, -0.2) is 9.36 Å². The van der Waals surface area contributed by atoms with Gasteiger partial charge in [-0.15, -0.1) is 0 Å². The topological polar surface area (TPSA) is 103 Å². The van der Waals surface area contributed by atoms with E-state index in [1.807, 2.05) is 60.7 Å². The van der Waals surface area contributed by atoms with Crippen LogP contribution >= 0.6 is 0 Å². The zero-order chi connectivity index (χ0) is 21.8. The number of benzene rings is 3. The lowest BCUT2D eigenvalue weighted by molar-refractivity contribution is 0.410. The second kappa shape index (κ2) is 6.96. The summed E-state index contributed by atoms with van der Waals surface area (Å²) in [6, 6.07) is 20.5. The van der Waals surface area contributed by atoms with Gasteiger partial charge in [-0.05, 0) is 29.5 Å². The van der Waals surface area contributed by atoms with Crippen LogP contribution in [0, 0.1) is 0 Å². The maximum atomic E-state index is 12.9. The Kier molecular flexibility index (Phi) is 4.06. The Bertz CT molecular complexity index is 1620. The van der Waals surface area contributed by atoms with Gasteiger partial charge in [-0.2, -0.15) is 0 Å². The van der Waals surface area contributed by atoms with Gasteiger partial charge in [0.2, 0.25) is 5.88 Å². The van der Waals surface area contributed by atoms with E-state index in [1.54, 1.807) is 6.07 Å². The Hall–Kier alpha value is -4.10. The molecule has 0 fully saturated rings. The van der Waals surface area contributed by atoms with E-state index in [0.717, 1.165) is 39.4 Å². The molecule has 0 aliphatic carbocycles.